The van der Waals surface area contributed by atoms with Gasteiger partial charge in [-0.25, -0.2) is 0 Å². The molecule has 0 N–H and O–H groups in total. The van der Waals surface area contributed by atoms with Gasteiger partial charge in [0.2, 0.25) is 0 Å². The molecule has 0 aliphatic rings. The van der Waals surface area contributed by atoms with E-state index in [-0.39, 0.29) is 0 Å². The van der Waals surface area contributed by atoms with E-state index in [0.29, 0.717) is 0 Å². The Kier molecular flexibility index (Phi) is 5.54. The lowest BCUT2D eigenvalue weighted by Crippen LogP contribution is -2.09. The van der Waals surface area contributed by atoms with Crippen LogP contribution in [0.1, 0.15) is 0 Å². The maximum absolute atomic E-state index is 6.29. The molecule has 9 aromatic rings. The zero-order chi connectivity index (χ0) is 29.0. The van der Waals surface area contributed by atoms with Gasteiger partial charge in [-0.1, -0.05) is 103 Å². The Morgan fingerprint density at radius 1 is 0.341 bits per heavy atom. The van der Waals surface area contributed by atoms with Crippen LogP contribution in [-0.4, -0.2) is 0 Å². The maximum Gasteiger partial charge on any atom is 0.136 e. The van der Waals surface area contributed by atoms with Gasteiger partial charge in [0.05, 0.1) is 0 Å². The van der Waals surface area contributed by atoms with Crippen molar-refractivity contribution in [3.05, 3.63) is 164 Å². The molecule has 0 atom stereocenters. The van der Waals surface area contributed by atoms with Gasteiger partial charge in [-0.3, -0.25) is 0 Å². The summed E-state index contributed by atoms with van der Waals surface area (Å²) in [5.41, 5.74) is 7.62. The predicted octanol–water partition coefficient (Wildman–Crippen LogP) is 12.2. The lowest BCUT2D eigenvalue weighted by Gasteiger charge is -2.26. The highest BCUT2D eigenvalue weighted by Gasteiger charge is 2.14. The summed E-state index contributed by atoms with van der Waals surface area (Å²) in [6, 6.07) is 58.5. The Bertz CT molecular complexity index is 2450. The fraction of sp³-hybridized carbons (Fsp3) is 0. The number of hydrogen-bond donors (Lipinski definition) is 0. The number of nitrogens with zero attached hydrogens (tertiary/aromatic N) is 1. The predicted molar refractivity (Wildman–Crippen MR) is 186 cm³/mol. The SMILES string of the molecule is c1ccc(N(c2ccccc2)c2cccc(-c3ccc4c(ccc5ccc6cc7c(cc6c54)oc4ccccc47)c3)c2)cc1. The molecule has 2 heteroatoms. The monoisotopic (exact) mass is 561 g/mol. The number of furan rings is 1. The molecule has 1 heterocycles. The topological polar surface area (TPSA) is 16.4 Å². The number of fused-ring (bicyclic) bond motifs is 8. The van der Waals surface area contributed by atoms with Crippen molar-refractivity contribution in [2.24, 2.45) is 0 Å². The second kappa shape index (κ2) is 9.86. The van der Waals surface area contributed by atoms with E-state index in [2.05, 4.69) is 157 Å². The van der Waals surface area contributed by atoms with Gasteiger partial charge in [0.25, 0.3) is 0 Å². The third kappa shape index (κ3) is 3.96. The minimum absolute atomic E-state index is 0.928. The van der Waals surface area contributed by atoms with E-state index in [9.17, 15) is 0 Å². The number of anilines is 3. The van der Waals surface area contributed by atoms with Crippen LogP contribution in [0.15, 0.2) is 168 Å². The average molecular weight is 562 g/mol. The third-order valence-corrected chi connectivity index (χ3v) is 8.78. The number of benzene rings is 8. The quantitative estimate of drug-likeness (QED) is 0.199. The highest BCUT2D eigenvalue weighted by Crippen LogP contribution is 2.40. The zero-order valence-corrected chi connectivity index (χ0v) is 23.9. The standard InChI is InChI=1S/C42H27NO/c1-3-11-33(12-4-1)43(34-13-5-2-6-14-34)35-15-9-10-29(25-35)30-22-23-36-31(24-30)20-18-28-19-21-32-26-39-37-16-7-8-17-40(37)44-41(39)27-38(32)42(28)36/h1-27H. The van der Waals surface area contributed by atoms with Gasteiger partial charge in [0.15, 0.2) is 0 Å². The number of hydrogen-bond acceptors (Lipinski definition) is 2. The van der Waals surface area contributed by atoms with Gasteiger partial charge in [-0.2, -0.15) is 0 Å². The maximum atomic E-state index is 6.29. The number of para-hydroxylation sites is 3. The van der Waals surface area contributed by atoms with Gasteiger partial charge in [-0.15, -0.1) is 0 Å². The molecule has 0 radical (unpaired) electrons. The summed E-state index contributed by atoms with van der Waals surface area (Å²) in [6.07, 6.45) is 0. The van der Waals surface area contributed by atoms with Crippen molar-refractivity contribution in [3.63, 3.8) is 0 Å². The largest absolute Gasteiger partial charge is 0.456 e. The van der Waals surface area contributed by atoms with Crippen LogP contribution in [0.25, 0.3) is 65.4 Å². The van der Waals surface area contributed by atoms with Crippen LogP contribution < -0.4 is 4.90 Å². The van der Waals surface area contributed by atoms with Crippen molar-refractivity contribution in [2.75, 3.05) is 4.90 Å². The summed E-state index contributed by atoms with van der Waals surface area (Å²) in [5, 5.41) is 9.73. The Morgan fingerprint density at radius 3 is 1.75 bits per heavy atom. The van der Waals surface area contributed by atoms with Crippen molar-refractivity contribution in [1.29, 1.82) is 0 Å². The fourth-order valence-electron chi connectivity index (χ4n) is 6.71. The first-order chi connectivity index (χ1) is 21.8. The highest BCUT2D eigenvalue weighted by molar-refractivity contribution is 6.23. The first-order valence-corrected chi connectivity index (χ1v) is 15.0. The van der Waals surface area contributed by atoms with Crippen LogP contribution in [0.4, 0.5) is 17.1 Å². The molecule has 206 valence electrons. The second-order valence-electron chi connectivity index (χ2n) is 11.4. The summed E-state index contributed by atoms with van der Waals surface area (Å²) in [5.74, 6) is 0. The van der Waals surface area contributed by atoms with Crippen LogP contribution in [-0.2, 0) is 0 Å². The molecule has 0 bridgehead atoms. The van der Waals surface area contributed by atoms with E-state index >= 15 is 0 Å². The molecule has 0 aliphatic carbocycles. The van der Waals surface area contributed by atoms with Crippen molar-refractivity contribution >= 4 is 71.3 Å². The Labute approximate surface area is 255 Å². The summed E-state index contributed by atoms with van der Waals surface area (Å²) >= 11 is 0. The minimum Gasteiger partial charge on any atom is -0.456 e. The van der Waals surface area contributed by atoms with Gasteiger partial charge >= 0.3 is 0 Å². The van der Waals surface area contributed by atoms with Gasteiger partial charge in [0.1, 0.15) is 11.2 Å². The third-order valence-electron chi connectivity index (χ3n) is 8.78. The first-order valence-electron chi connectivity index (χ1n) is 15.0. The lowest BCUT2D eigenvalue weighted by atomic mass is 9.93. The van der Waals surface area contributed by atoms with E-state index in [1.807, 2.05) is 12.1 Å². The molecule has 0 spiro atoms. The van der Waals surface area contributed by atoms with E-state index in [1.165, 1.54) is 43.4 Å². The smallest absolute Gasteiger partial charge is 0.136 e. The molecule has 9 rings (SSSR count). The van der Waals surface area contributed by atoms with Gasteiger partial charge < -0.3 is 9.32 Å². The summed E-state index contributed by atoms with van der Waals surface area (Å²) in [4.78, 5) is 2.31. The minimum atomic E-state index is 0.928. The molecule has 0 unspecified atom stereocenters. The second-order valence-corrected chi connectivity index (χ2v) is 11.4. The molecule has 8 aromatic carbocycles. The molecule has 0 saturated carbocycles. The van der Waals surface area contributed by atoms with E-state index in [4.69, 9.17) is 4.42 Å². The van der Waals surface area contributed by atoms with Crippen molar-refractivity contribution in [2.45, 2.75) is 0 Å². The fourth-order valence-corrected chi connectivity index (χ4v) is 6.71. The van der Waals surface area contributed by atoms with Crippen LogP contribution in [0.5, 0.6) is 0 Å². The molecule has 1 aromatic heterocycles. The molecule has 0 fully saturated rings. The normalized spacial score (nSPS) is 11.6. The Balaban J connectivity index is 1.19. The molecule has 0 aliphatic heterocycles. The van der Waals surface area contributed by atoms with Crippen molar-refractivity contribution < 1.29 is 4.42 Å². The summed E-state index contributed by atoms with van der Waals surface area (Å²) < 4.78 is 6.29. The van der Waals surface area contributed by atoms with Crippen LogP contribution in [0.3, 0.4) is 0 Å². The van der Waals surface area contributed by atoms with Gasteiger partial charge in [-0.05, 0) is 104 Å². The van der Waals surface area contributed by atoms with Crippen molar-refractivity contribution in [1.82, 2.24) is 0 Å². The molecular weight excluding hydrogens is 534 g/mol. The molecule has 2 nitrogen and oxygen atoms in total. The average Bonchev–Trinajstić information content (AvgIpc) is 3.45. The molecule has 0 saturated heterocycles. The first kappa shape index (κ1) is 24.7. The molecular formula is C42H27NO. The lowest BCUT2D eigenvalue weighted by molar-refractivity contribution is 0.669. The number of rotatable bonds is 4. The summed E-state index contributed by atoms with van der Waals surface area (Å²) in [7, 11) is 0. The van der Waals surface area contributed by atoms with E-state index in [0.717, 1.165) is 39.0 Å². The molecule has 44 heavy (non-hydrogen) atoms. The summed E-state index contributed by atoms with van der Waals surface area (Å²) in [6.45, 7) is 0. The van der Waals surface area contributed by atoms with Crippen LogP contribution >= 0.6 is 0 Å². The van der Waals surface area contributed by atoms with E-state index < -0.39 is 0 Å². The highest BCUT2D eigenvalue weighted by atomic mass is 16.3. The van der Waals surface area contributed by atoms with Crippen LogP contribution in [0, 0.1) is 0 Å². The van der Waals surface area contributed by atoms with Gasteiger partial charge in [0, 0.05) is 27.8 Å². The van der Waals surface area contributed by atoms with Crippen LogP contribution in [0.2, 0.25) is 0 Å². The van der Waals surface area contributed by atoms with E-state index in [1.54, 1.807) is 0 Å². The Hall–Kier alpha value is -5.86. The zero-order valence-electron chi connectivity index (χ0n) is 23.9. The van der Waals surface area contributed by atoms with Crippen molar-refractivity contribution in [3.8, 4) is 11.1 Å². The molecule has 0 amide bonds. The Morgan fingerprint density at radius 2 is 0.977 bits per heavy atom.